The Balaban J connectivity index is 1.64. The van der Waals surface area contributed by atoms with Gasteiger partial charge < -0.3 is 9.30 Å². The summed E-state index contributed by atoms with van der Waals surface area (Å²) in [7, 11) is 1.76. The van der Waals surface area contributed by atoms with Crippen LogP contribution in [0.4, 0.5) is 0 Å². The van der Waals surface area contributed by atoms with Crippen LogP contribution in [-0.2, 0) is 11.3 Å². The molecule has 5 heteroatoms. The number of nitrogens with zero attached hydrogens (tertiary/aromatic N) is 3. The summed E-state index contributed by atoms with van der Waals surface area (Å²) in [5, 5.41) is 3.84. The Hall–Kier alpha value is -2.24. The molecule has 1 aliphatic rings. The lowest BCUT2D eigenvalue weighted by molar-refractivity contribution is 0.189. The molecule has 0 bridgehead atoms. The van der Waals surface area contributed by atoms with Crippen molar-refractivity contribution in [3.05, 3.63) is 59.7 Å². The number of imidazole rings is 1. The Morgan fingerprint density at radius 2 is 2.00 bits per heavy atom. The lowest BCUT2D eigenvalue weighted by Gasteiger charge is -2.31. The summed E-state index contributed by atoms with van der Waals surface area (Å²) in [5.41, 5.74) is 4.71. The van der Waals surface area contributed by atoms with Crippen molar-refractivity contribution >= 4 is 11.0 Å². The molecule has 5 nitrogen and oxygen atoms in total. The average molecular weight is 364 g/mol. The number of nitrogens with one attached hydrogen (secondary N) is 1. The first kappa shape index (κ1) is 18.1. The second kappa shape index (κ2) is 8.19. The minimum Gasteiger partial charge on any atom is -0.385 e. The summed E-state index contributed by atoms with van der Waals surface area (Å²) < 4.78 is 7.64. The zero-order valence-corrected chi connectivity index (χ0v) is 16.2. The van der Waals surface area contributed by atoms with Crippen molar-refractivity contribution in [2.24, 2.45) is 0 Å². The Kier molecular flexibility index (Phi) is 5.50. The predicted molar refractivity (Wildman–Crippen MR) is 108 cm³/mol. The highest BCUT2D eigenvalue weighted by Gasteiger charge is 2.28. The number of hydrogen-bond acceptors (Lipinski definition) is 4. The molecule has 3 aromatic rings. The lowest BCUT2D eigenvalue weighted by atomic mass is 9.94. The largest absolute Gasteiger partial charge is 0.385 e. The van der Waals surface area contributed by atoms with Crippen LogP contribution in [0.15, 0.2) is 42.6 Å². The molecule has 1 fully saturated rings. The van der Waals surface area contributed by atoms with Crippen LogP contribution in [-0.4, -0.2) is 28.3 Å². The molecule has 2 aromatic heterocycles. The number of rotatable bonds is 6. The molecule has 27 heavy (non-hydrogen) atoms. The van der Waals surface area contributed by atoms with Crippen LogP contribution in [0.3, 0.4) is 0 Å². The minimum atomic E-state index is 0.250. The van der Waals surface area contributed by atoms with Gasteiger partial charge in [0.15, 0.2) is 0 Å². The Morgan fingerprint density at radius 3 is 2.85 bits per heavy atom. The van der Waals surface area contributed by atoms with Crippen molar-refractivity contribution in [1.82, 2.24) is 19.9 Å². The first-order chi connectivity index (χ1) is 13.3. The molecule has 0 unspecified atom stereocenters. The molecule has 3 heterocycles. The van der Waals surface area contributed by atoms with Gasteiger partial charge in [0.05, 0.1) is 28.8 Å². The van der Waals surface area contributed by atoms with Gasteiger partial charge in [0, 0.05) is 26.5 Å². The molecule has 0 aliphatic carbocycles. The smallest absolute Gasteiger partial charge is 0.127 e. The molecule has 2 atom stereocenters. The first-order valence-corrected chi connectivity index (χ1v) is 9.89. The summed E-state index contributed by atoms with van der Waals surface area (Å²) in [6, 6.07) is 13.1. The molecular weight excluding hydrogens is 336 g/mol. The van der Waals surface area contributed by atoms with Gasteiger partial charge in [-0.2, -0.15) is 0 Å². The third kappa shape index (κ3) is 3.75. The van der Waals surface area contributed by atoms with Crippen molar-refractivity contribution in [2.75, 3.05) is 13.7 Å². The molecule has 0 spiro atoms. The number of para-hydroxylation sites is 2. The maximum atomic E-state index is 5.27. The Bertz CT molecular complexity index is 904. The van der Waals surface area contributed by atoms with E-state index in [-0.39, 0.29) is 12.1 Å². The molecule has 1 N–H and O–H groups in total. The maximum absolute atomic E-state index is 5.27. The maximum Gasteiger partial charge on any atom is 0.127 e. The molecule has 142 valence electrons. The molecular formula is C22H28N4O. The van der Waals surface area contributed by atoms with Crippen molar-refractivity contribution in [3.8, 4) is 0 Å². The van der Waals surface area contributed by atoms with Gasteiger partial charge >= 0.3 is 0 Å². The zero-order valence-electron chi connectivity index (χ0n) is 16.2. The normalized spacial score (nSPS) is 20.2. The first-order valence-electron chi connectivity index (χ1n) is 9.89. The van der Waals surface area contributed by atoms with E-state index >= 15 is 0 Å². The minimum absolute atomic E-state index is 0.250. The second-order valence-corrected chi connectivity index (χ2v) is 7.36. The van der Waals surface area contributed by atoms with Gasteiger partial charge in [-0.15, -0.1) is 0 Å². The van der Waals surface area contributed by atoms with Crippen molar-refractivity contribution in [1.29, 1.82) is 0 Å². The fourth-order valence-electron chi connectivity index (χ4n) is 4.18. The van der Waals surface area contributed by atoms with Gasteiger partial charge in [0.25, 0.3) is 0 Å². The molecule has 1 saturated heterocycles. The highest BCUT2D eigenvalue weighted by Crippen LogP contribution is 2.34. The van der Waals surface area contributed by atoms with Crippen LogP contribution in [0.5, 0.6) is 0 Å². The molecule has 4 rings (SSSR count). The molecule has 1 aliphatic heterocycles. The van der Waals surface area contributed by atoms with E-state index in [1.54, 1.807) is 7.11 Å². The topological polar surface area (TPSA) is 52.0 Å². The summed E-state index contributed by atoms with van der Waals surface area (Å²) in [6.07, 6.45) is 6.29. The third-order valence-electron chi connectivity index (χ3n) is 5.49. The summed E-state index contributed by atoms with van der Waals surface area (Å²) in [6.45, 7) is 3.84. The summed E-state index contributed by atoms with van der Waals surface area (Å²) >= 11 is 0. The van der Waals surface area contributed by atoms with E-state index in [9.17, 15) is 0 Å². The number of hydrogen-bond donors (Lipinski definition) is 1. The SMILES string of the molecule is COCCCn1c([C@H]2CCC[C@@H](c3ncccc3C)N2)nc2ccccc21. The van der Waals surface area contributed by atoms with E-state index in [0.29, 0.717) is 0 Å². The highest BCUT2D eigenvalue weighted by molar-refractivity contribution is 5.76. The third-order valence-corrected chi connectivity index (χ3v) is 5.49. The van der Waals surface area contributed by atoms with Crippen molar-refractivity contribution < 1.29 is 4.74 Å². The number of fused-ring (bicyclic) bond motifs is 1. The van der Waals surface area contributed by atoms with Crippen LogP contribution < -0.4 is 5.32 Å². The lowest BCUT2D eigenvalue weighted by Crippen LogP contribution is -2.33. The van der Waals surface area contributed by atoms with Gasteiger partial charge in [-0.3, -0.25) is 10.3 Å². The summed E-state index contributed by atoms with van der Waals surface area (Å²) in [5.74, 6) is 1.14. The van der Waals surface area contributed by atoms with Gasteiger partial charge in [-0.25, -0.2) is 4.98 Å². The van der Waals surface area contributed by atoms with E-state index < -0.39 is 0 Å². The molecule has 1 aromatic carbocycles. The van der Waals surface area contributed by atoms with E-state index in [0.717, 1.165) is 43.8 Å². The van der Waals surface area contributed by atoms with Gasteiger partial charge in [-0.1, -0.05) is 18.2 Å². The van der Waals surface area contributed by atoms with Crippen LogP contribution in [0, 0.1) is 6.92 Å². The van der Waals surface area contributed by atoms with Crippen LogP contribution in [0.1, 0.15) is 54.8 Å². The van der Waals surface area contributed by atoms with Crippen molar-refractivity contribution in [2.45, 2.75) is 51.2 Å². The number of methoxy groups -OCH3 is 1. The fourth-order valence-corrected chi connectivity index (χ4v) is 4.18. The standard InChI is InChI=1S/C22H28N4O/c1-16-8-6-13-23-21(16)18-10-5-11-19(24-18)22-25-17-9-3-4-12-20(17)26(22)14-7-15-27-2/h3-4,6,8-9,12-13,18-19,24H,5,7,10-11,14-15H2,1-2H3/t18-,19+/m0/s1. The van der Waals surface area contributed by atoms with E-state index in [4.69, 9.17) is 9.72 Å². The van der Waals surface area contributed by atoms with Crippen LogP contribution >= 0.6 is 0 Å². The number of benzene rings is 1. The Morgan fingerprint density at radius 1 is 1.15 bits per heavy atom. The van der Waals surface area contributed by atoms with E-state index in [1.807, 2.05) is 12.3 Å². The zero-order chi connectivity index (χ0) is 18.6. The molecule has 0 saturated carbocycles. The fraction of sp³-hybridized carbons (Fsp3) is 0.455. The van der Waals surface area contributed by atoms with E-state index in [1.165, 1.54) is 23.2 Å². The number of ether oxygens (including phenoxy) is 1. The van der Waals surface area contributed by atoms with Crippen LogP contribution in [0.2, 0.25) is 0 Å². The number of pyridine rings is 1. The van der Waals surface area contributed by atoms with Gasteiger partial charge in [0.1, 0.15) is 5.82 Å². The monoisotopic (exact) mass is 364 g/mol. The number of piperidine rings is 1. The molecule has 0 amide bonds. The van der Waals surface area contributed by atoms with E-state index in [2.05, 4.69) is 52.1 Å². The average Bonchev–Trinajstić information content (AvgIpc) is 3.07. The number of aromatic nitrogens is 3. The molecule has 0 radical (unpaired) electrons. The van der Waals surface area contributed by atoms with Crippen molar-refractivity contribution in [3.63, 3.8) is 0 Å². The predicted octanol–water partition coefficient (Wildman–Crippen LogP) is 4.33. The van der Waals surface area contributed by atoms with Crippen LogP contribution in [0.25, 0.3) is 11.0 Å². The Labute approximate surface area is 160 Å². The second-order valence-electron chi connectivity index (χ2n) is 7.36. The van der Waals surface area contributed by atoms with Gasteiger partial charge in [0.2, 0.25) is 0 Å². The van der Waals surface area contributed by atoms with Gasteiger partial charge in [-0.05, 0) is 56.4 Å². The quantitative estimate of drug-likeness (QED) is 0.662. The summed E-state index contributed by atoms with van der Waals surface area (Å²) in [4.78, 5) is 9.65. The number of aryl methyl sites for hydroxylation is 2. The highest BCUT2D eigenvalue weighted by atomic mass is 16.5.